The molecule has 1 aliphatic rings. The summed E-state index contributed by atoms with van der Waals surface area (Å²) in [6.07, 6.45) is -3.31. The van der Waals surface area contributed by atoms with Crippen LogP contribution in [0.25, 0.3) is 0 Å². The van der Waals surface area contributed by atoms with E-state index in [-0.39, 0.29) is 11.8 Å². The second-order valence-electron chi connectivity index (χ2n) is 3.66. The molecule has 0 amide bonds. The van der Waals surface area contributed by atoms with E-state index in [0.29, 0.717) is 12.8 Å². The fourth-order valence-corrected chi connectivity index (χ4v) is 1.73. The molecule has 0 aromatic rings. The number of hydrogen-bond donors (Lipinski definition) is 0. The van der Waals surface area contributed by atoms with Gasteiger partial charge in [0, 0.05) is 0 Å². The topological polar surface area (TPSA) is 0 Å². The molecule has 0 nitrogen and oxygen atoms in total. The molecular formula is C8H13F3. The van der Waals surface area contributed by atoms with Crippen LogP contribution in [0.2, 0.25) is 0 Å². The Morgan fingerprint density at radius 3 is 1.55 bits per heavy atom. The maximum absolute atomic E-state index is 12.1. The van der Waals surface area contributed by atoms with E-state index in [1.54, 1.807) is 0 Å². The third-order valence-electron chi connectivity index (χ3n) is 2.75. The van der Waals surface area contributed by atoms with Gasteiger partial charge in [-0.15, -0.1) is 0 Å². The first-order valence-electron chi connectivity index (χ1n) is 3.98. The highest BCUT2D eigenvalue weighted by molar-refractivity contribution is 4.82. The molecule has 11 heavy (non-hydrogen) atoms. The van der Waals surface area contributed by atoms with Gasteiger partial charge in [0.15, 0.2) is 0 Å². The van der Waals surface area contributed by atoms with Crippen LogP contribution in [0.5, 0.6) is 0 Å². The summed E-state index contributed by atoms with van der Waals surface area (Å²) >= 11 is 0. The van der Waals surface area contributed by atoms with E-state index >= 15 is 0 Å². The fourth-order valence-electron chi connectivity index (χ4n) is 1.73. The molecule has 0 spiro atoms. The van der Waals surface area contributed by atoms with Crippen LogP contribution in [0.3, 0.4) is 0 Å². The molecule has 0 saturated heterocycles. The second kappa shape index (κ2) is 2.68. The van der Waals surface area contributed by atoms with Crippen LogP contribution in [-0.4, -0.2) is 6.18 Å². The molecule has 0 radical (unpaired) electrons. The van der Waals surface area contributed by atoms with E-state index in [4.69, 9.17) is 0 Å². The number of hydrogen-bond acceptors (Lipinski definition) is 0. The zero-order chi connectivity index (χ0) is 8.65. The first-order chi connectivity index (χ1) is 4.91. The van der Waals surface area contributed by atoms with Crippen LogP contribution in [-0.2, 0) is 0 Å². The van der Waals surface area contributed by atoms with Crippen molar-refractivity contribution in [3.8, 4) is 0 Å². The minimum atomic E-state index is -3.96. The van der Waals surface area contributed by atoms with E-state index in [1.807, 2.05) is 13.8 Å². The molecular weight excluding hydrogens is 153 g/mol. The molecule has 0 aromatic heterocycles. The maximum Gasteiger partial charge on any atom is 0.391 e. The maximum atomic E-state index is 12.1. The van der Waals surface area contributed by atoms with Crippen molar-refractivity contribution in [2.75, 3.05) is 0 Å². The summed E-state index contributed by atoms with van der Waals surface area (Å²) in [4.78, 5) is 0. The van der Waals surface area contributed by atoms with Crippen molar-refractivity contribution in [2.45, 2.75) is 32.9 Å². The molecule has 1 aliphatic carbocycles. The van der Waals surface area contributed by atoms with Gasteiger partial charge in [0.2, 0.25) is 0 Å². The predicted octanol–water partition coefficient (Wildman–Crippen LogP) is 3.23. The van der Waals surface area contributed by atoms with Crippen molar-refractivity contribution in [3.05, 3.63) is 0 Å². The van der Waals surface area contributed by atoms with Gasteiger partial charge in [-0.1, -0.05) is 13.8 Å². The van der Waals surface area contributed by atoms with Gasteiger partial charge in [0.25, 0.3) is 0 Å². The first kappa shape index (κ1) is 8.88. The molecule has 66 valence electrons. The van der Waals surface area contributed by atoms with Gasteiger partial charge in [0.05, 0.1) is 5.92 Å². The van der Waals surface area contributed by atoms with Crippen LogP contribution in [0.4, 0.5) is 13.2 Å². The van der Waals surface area contributed by atoms with Crippen LogP contribution in [0.15, 0.2) is 0 Å². The van der Waals surface area contributed by atoms with E-state index in [2.05, 4.69) is 0 Å². The van der Waals surface area contributed by atoms with Gasteiger partial charge in [-0.05, 0) is 24.7 Å². The lowest BCUT2D eigenvalue weighted by molar-refractivity contribution is -0.173. The summed E-state index contributed by atoms with van der Waals surface area (Å²) in [5.41, 5.74) is 0. The average molecular weight is 166 g/mol. The monoisotopic (exact) mass is 166 g/mol. The number of rotatable bonds is 0. The Bertz CT molecular complexity index is 129. The Labute approximate surface area is 64.8 Å². The highest BCUT2D eigenvalue weighted by Gasteiger charge is 2.45. The summed E-state index contributed by atoms with van der Waals surface area (Å²) in [5.74, 6) is -0.559. The van der Waals surface area contributed by atoms with Crippen molar-refractivity contribution >= 4 is 0 Å². The van der Waals surface area contributed by atoms with Gasteiger partial charge >= 0.3 is 6.18 Å². The second-order valence-corrected chi connectivity index (χ2v) is 3.66. The van der Waals surface area contributed by atoms with Gasteiger partial charge in [0.1, 0.15) is 0 Å². The molecule has 0 aromatic carbocycles. The van der Waals surface area contributed by atoms with E-state index in [1.165, 1.54) is 0 Å². The fraction of sp³-hybridized carbons (Fsp3) is 1.00. The van der Waals surface area contributed by atoms with E-state index < -0.39 is 12.1 Å². The zero-order valence-corrected chi connectivity index (χ0v) is 6.78. The molecule has 0 bridgehead atoms. The average Bonchev–Trinajstić information content (AvgIpc) is 2.11. The first-order valence-corrected chi connectivity index (χ1v) is 3.98. The minimum absolute atomic E-state index is 0.238. The summed E-state index contributed by atoms with van der Waals surface area (Å²) in [5, 5.41) is 0. The van der Waals surface area contributed by atoms with Crippen LogP contribution < -0.4 is 0 Å². The molecule has 2 atom stereocenters. The molecule has 1 rings (SSSR count). The third-order valence-corrected chi connectivity index (χ3v) is 2.75. The lowest BCUT2D eigenvalue weighted by Crippen LogP contribution is -2.19. The Morgan fingerprint density at radius 1 is 1.00 bits per heavy atom. The SMILES string of the molecule is CC1CC(C(F)(F)F)CC1C. The Hall–Kier alpha value is -0.210. The summed E-state index contributed by atoms with van der Waals surface area (Å²) < 4.78 is 36.3. The molecule has 0 aliphatic heterocycles. The molecule has 1 fully saturated rings. The smallest absolute Gasteiger partial charge is 0.171 e. The van der Waals surface area contributed by atoms with Crippen molar-refractivity contribution in [3.63, 3.8) is 0 Å². The Balaban J connectivity index is 2.54. The lowest BCUT2D eigenvalue weighted by atomic mass is 10.0. The quantitative estimate of drug-likeness (QED) is 0.518. The molecule has 2 unspecified atom stereocenters. The summed E-state index contributed by atoms with van der Waals surface area (Å²) in [7, 11) is 0. The van der Waals surface area contributed by atoms with Crippen LogP contribution in [0, 0.1) is 17.8 Å². The van der Waals surface area contributed by atoms with Crippen molar-refractivity contribution in [1.82, 2.24) is 0 Å². The zero-order valence-electron chi connectivity index (χ0n) is 6.78. The standard InChI is InChI=1S/C8H13F3/c1-5-3-7(4-6(5)2)8(9,10)11/h5-7H,3-4H2,1-2H3. The Morgan fingerprint density at radius 2 is 1.36 bits per heavy atom. The van der Waals surface area contributed by atoms with E-state index in [0.717, 1.165) is 0 Å². The predicted molar refractivity (Wildman–Crippen MR) is 37.1 cm³/mol. The summed E-state index contributed by atoms with van der Waals surface area (Å²) in [6, 6.07) is 0. The highest BCUT2D eigenvalue weighted by atomic mass is 19.4. The number of alkyl halides is 3. The van der Waals surface area contributed by atoms with Gasteiger partial charge in [-0.3, -0.25) is 0 Å². The van der Waals surface area contributed by atoms with Crippen molar-refractivity contribution in [1.29, 1.82) is 0 Å². The molecule has 0 N–H and O–H groups in total. The van der Waals surface area contributed by atoms with Crippen LogP contribution >= 0.6 is 0 Å². The molecule has 0 heterocycles. The van der Waals surface area contributed by atoms with Gasteiger partial charge in [-0.25, -0.2) is 0 Å². The minimum Gasteiger partial charge on any atom is -0.171 e. The van der Waals surface area contributed by atoms with E-state index in [9.17, 15) is 13.2 Å². The highest BCUT2D eigenvalue weighted by Crippen LogP contribution is 2.44. The van der Waals surface area contributed by atoms with Crippen molar-refractivity contribution in [2.24, 2.45) is 17.8 Å². The third kappa shape index (κ3) is 1.88. The Kier molecular flexibility index (Phi) is 2.17. The van der Waals surface area contributed by atoms with Crippen LogP contribution in [0.1, 0.15) is 26.7 Å². The summed E-state index contributed by atoms with van der Waals surface area (Å²) in [6.45, 7) is 3.80. The molecule has 1 saturated carbocycles. The molecule has 3 heteroatoms. The normalized spacial score (nSPS) is 39.5. The van der Waals surface area contributed by atoms with Gasteiger partial charge in [-0.2, -0.15) is 13.2 Å². The van der Waals surface area contributed by atoms with Gasteiger partial charge < -0.3 is 0 Å². The van der Waals surface area contributed by atoms with Crippen molar-refractivity contribution < 1.29 is 13.2 Å². The lowest BCUT2D eigenvalue weighted by Gasteiger charge is -2.13. The number of halogens is 3. The largest absolute Gasteiger partial charge is 0.391 e.